The van der Waals surface area contributed by atoms with E-state index in [0.717, 1.165) is 38.5 Å². The maximum atomic E-state index is 13.1. The van der Waals surface area contributed by atoms with Gasteiger partial charge in [-0.05, 0) is 50.5 Å². The van der Waals surface area contributed by atoms with E-state index >= 15 is 0 Å². The van der Waals surface area contributed by atoms with Gasteiger partial charge in [-0.2, -0.15) is 0 Å². The SMILES string of the molecule is CC1CCCN(C(=O)[C@@]23CCCC[C@H]2CNC3)CC1.Cl. The number of hydrogen-bond acceptors (Lipinski definition) is 2. The van der Waals surface area contributed by atoms with Crippen molar-refractivity contribution in [2.24, 2.45) is 17.3 Å². The third-order valence-electron chi connectivity index (χ3n) is 5.77. The van der Waals surface area contributed by atoms with Crippen molar-refractivity contribution in [3.05, 3.63) is 0 Å². The van der Waals surface area contributed by atoms with E-state index in [-0.39, 0.29) is 17.8 Å². The molecule has 4 heteroatoms. The first-order valence-electron chi connectivity index (χ1n) is 8.22. The summed E-state index contributed by atoms with van der Waals surface area (Å²) in [5.41, 5.74) is -0.0359. The predicted molar refractivity (Wildman–Crippen MR) is 84.1 cm³/mol. The van der Waals surface area contributed by atoms with Gasteiger partial charge in [-0.3, -0.25) is 4.79 Å². The van der Waals surface area contributed by atoms with Crippen molar-refractivity contribution < 1.29 is 4.79 Å². The Morgan fingerprint density at radius 1 is 1.15 bits per heavy atom. The summed E-state index contributed by atoms with van der Waals surface area (Å²) >= 11 is 0. The maximum absolute atomic E-state index is 13.1. The molecular weight excluding hydrogens is 272 g/mol. The number of nitrogens with zero attached hydrogens (tertiary/aromatic N) is 1. The molecule has 3 nitrogen and oxygen atoms in total. The Hall–Kier alpha value is -0.280. The van der Waals surface area contributed by atoms with Crippen LogP contribution in [0.3, 0.4) is 0 Å². The molecule has 3 fully saturated rings. The molecule has 0 bridgehead atoms. The Morgan fingerprint density at radius 3 is 2.85 bits per heavy atom. The van der Waals surface area contributed by atoms with Gasteiger partial charge in [0.25, 0.3) is 0 Å². The van der Waals surface area contributed by atoms with Crippen molar-refractivity contribution in [1.29, 1.82) is 0 Å². The molecule has 1 amide bonds. The Labute approximate surface area is 129 Å². The number of rotatable bonds is 1. The summed E-state index contributed by atoms with van der Waals surface area (Å²) in [6.45, 7) is 6.32. The van der Waals surface area contributed by atoms with Crippen LogP contribution in [0.4, 0.5) is 0 Å². The molecule has 3 atom stereocenters. The predicted octanol–water partition coefficient (Wildman–Crippen LogP) is 2.84. The van der Waals surface area contributed by atoms with Crippen LogP contribution in [0.1, 0.15) is 51.9 Å². The monoisotopic (exact) mass is 300 g/mol. The molecule has 1 unspecified atom stereocenters. The van der Waals surface area contributed by atoms with Gasteiger partial charge in [0, 0.05) is 19.6 Å². The number of carbonyl (C=O) groups is 1. The highest BCUT2D eigenvalue weighted by atomic mass is 35.5. The number of carbonyl (C=O) groups excluding carboxylic acids is 1. The summed E-state index contributed by atoms with van der Waals surface area (Å²) in [6, 6.07) is 0. The van der Waals surface area contributed by atoms with E-state index in [1.165, 1.54) is 38.5 Å². The van der Waals surface area contributed by atoms with Gasteiger partial charge in [-0.1, -0.05) is 19.8 Å². The molecule has 0 aromatic rings. The molecule has 3 rings (SSSR count). The lowest BCUT2D eigenvalue weighted by molar-refractivity contribution is -0.145. The second-order valence-electron chi connectivity index (χ2n) is 7.06. The minimum Gasteiger partial charge on any atom is -0.342 e. The van der Waals surface area contributed by atoms with Crippen molar-refractivity contribution in [2.75, 3.05) is 26.2 Å². The zero-order chi connectivity index (χ0) is 13.3. The van der Waals surface area contributed by atoms with Gasteiger partial charge >= 0.3 is 0 Å². The fraction of sp³-hybridized carbons (Fsp3) is 0.938. The zero-order valence-corrected chi connectivity index (χ0v) is 13.5. The average Bonchev–Trinajstić information content (AvgIpc) is 2.75. The maximum Gasteiger partial charge on any atom is 0.230 e. The largest absolute Gasteiger partial charge is 0.342 e. The first kappa shape index (κ1) is 16.1. The van der Waals surface area contributed by atoms with Crippen LogP contribution in [-0.4, -0.2) is 37.0 Å². The molecule has 0 aromatic heterocycles. The molecule has 2 saturated heterocycles. The molecule has 0 radical (unpaired) electrons. The van der Waals surface area contributed by atoms with E-state index in [4.69, 9.17) is 0 Å². The zero-order valence-electron chi connectivity index (χ0n) is 12.7. The molecule has 116 valence electrons. The van der Waals surface area contributed by atoms with Crippen LogP contribution < -0.4 is 5.32 Å². The van der Waals surface area contributed by atoms with Gasteiger partial charge < -0.3 is 10.2 Å². The molecule has 1 N–H and O–H groups in total. The highest BCUT2D eigenvalue weighted by molar-refractivity contribution is 5.85. The number of halogens is 1. The molecule has 1 aliphatic carbocycles. The molecular formula is C16H29ClN2O. The van der Waals surface area contributed by atoms with Crippen LogP contribution in [0.25, 0.3) is 0 Å². The minimum absolute atomic E-state index is 0. The van der Waals surface area contributed by atoms with Crippen molar-refractivity contribution in [3.63, 3.8) is 0 Å². The summed E-state index contributed by atoms with van der Waals surface area (Å²) in [5, 5.41) is 3.50. The fourth-order valence-corrected chi connectivity index (χ4v) is 4.45. The Kier molecular flexibility index (Phi) is 5.36. The molecule has 2 heterocycles. The van der Waals surface area contributed by atoms with Crippen LogP contribution in [0, 0.1) is 17.3 Å². The molecule has 20 heavy (non-hydrogen) atoms. The second-order valence-corrected chi connectivity index (χ2v) is 7.06. The third-order valence-corrected chi connectivity index (χ3v) is 5.77. The Balaban J connectivity index is 0.00000147. The molecule has 0 spiro atoms. The van der Waals surface area contributed by atoms with E-state index in [9.17, 15) is 4.79 Å². The average molecular weight is 301 g/mol. The fourth-order valence-electron chi connectivity index (χ4n) is 4.45. The van der Waals surface area contributed by atoms with Crippen molar-refractivity contribution >= 4 is 18.3 Å². The van der Waals surface area contributed by atoms with Crippen LogP contribution >= 0.6 is 12.4 Å². The molecule has 1 saturated carbocycles. The van der Waals surface area contributed by atoms with Gasteiger partial charge in [0.05, 0.1) is 5.41 Å². The lowest BCUT2D eigenvalue weighted by Crippen LogP contribution is -2.50. The van der Waals surface area contributed by atoms with Crippen molar-refractivity contribution in [1.82, 2.24) is 10.2 Å². The number of fused-ring (bicyclic) bond motifs is 1. The number of likely N-dealkylation sites (tertiary alicyclic amines) is 1. The van der Waals surface area contributed by atoms with E-state index in [1.807, 2.05) is 0 Å². The quantitative estimate of drug-likeness (QED) is 0.807. The van der Waals surface area contributed by atoms with E-state index in [1.54, 1.807) is 0 Å². The molecule has 2 aliphatic heterocycles. The Morgan fingerprint density at radius 2 is 2.00 bits per heavy atom. The first-order valence-corrected chi connectivity index (χ1v) is 8.22. The van der Waals surface area contributed by atoms with Gasteiger partial charge in [-0.15, -0.1) is 12.4 Å². The summed E-state index contributed by atoms with van der Waals surface area (Å²) in [6.07, 6.45) is 8.62. The molecule has 0 aromatic carbocycles. The highest BCUT2D eigenvalue weighted by Crippen LogP contribution is 2.45. The van der Waals surface area contributed by atoms with Gasteiger partial charge in [-0.25, -0.2) is 0 Å². The smallest absolute Gasteiger partial charge is 0.230 e. The lowest BCUT2D eigenvalue weighted by atomic mass is 9.67. The van der Waals surface area contributed by atoms with Gasteiger partial charge in [0.15, 0.2) is 0 Å². The van der Waals surface area contributed by atoms with Crippen LogP contribution in [-0.2, 0) is 4.79 Å². The standard InChI is InChI=1S/C16H28N2O.ClH/c1-13-5-4-9-18(10-7-13)15(19)16-8-3-2-6-14(16)11-17-12-16;/h13-14,17H,2-12H2,1H3;1H/t13?,14-,16+;/m0./s1. The molecule has 3 aliphatic rings. The van der Waals surface area contributed by atoms with Crippen molar-refractivity contribution in [3.8, 4) is 0 Å². The number of nitrogens with one attached hydrogen (secondary N) is 1. The summed E-state index contributed by atoms with van der Waals surface area (Å²) in [7, 11) is 0. The summed E-state index contributed by atoms with van der Waals surface area (Å²) in [4.78, 5) is 15.3. The minimum atomic E-state index is -0.0359. The lowest BCUT2D eigenvalue weighted by Gasteiger charge is -2.40. The first-order chi connectivity index (χ1) is 9.22. The summed E-state index contributed by atoms with van der Waals surface area (Å²) < 4.78 is 0. The normalized spacial score (nSPS) is 37.8. The van der Waals surface area contributed by atoms with Crippen molar-refractivity contribution in [2.45, 2.75) is 51.9 Å². The third kappa shape index (κ3) is 2.85. The summed E-state index contributed by atoms with van der Waals surface area (Å²) in [5.74, 6) is 1.88. The topological polar surface area (TPSA) is 32.3 Å². The highest BCUT2D eigenvalue weighted by Gasteiger charge is 2.51. The van der Waals surface area contributed by atoms with Crippen LogP contribution in [0.15, 0.2) is 0 Å². The van der Waals surface area contributed by atoms with Crippen LogP contribution in [0.2, 0.25) is 0 Å². The van der Waals surface area contributed by atoms with E-state index in [2.05, 4.69) is 17.1 Å². The van der Waals surface area contributed by atoms with Gasteiger partial charge in [0.1, 0.15) is 0 Å². The second kappa shape index (κ2) is 6.65. The Bertz CT molecular complexity index is 349. The van der Waals surface area contributed by atoms with E-state index < -0.39 is 0 Å². The van der Waals surface area contributed by atoms with E-state index in [0.29, 0.717) is 11.8 Å². The van der Waals surface area contributed by atoms with Gasteiger partial charge in [0.2, 0.25) is 5.91 Å². The number of hydrogen-bond donors (Lipinski definition) is 1. The number of amides is 1. The van der Waals surface area contributed by atoms with Crippen LogP contribution in [0.5, 0.6) is 0 Å².